The Morgan fingerprint density at radius 1 is 1.47 bits per heavy atom. The van der Waals surface area contributed by atoms with Crippen LogP contribution in [0.2, 0.25) is 5.15 Å². The molecule has 0 aliphatic rings. The molecule has 0 bridgehead atoms. The zero-order valence-corrected chi connectivity index (χ0v) is 10.8. The van der Waals surface area contributed by atoms with Crippen molar-refractivity contribution in [2.75, 3.05) is 29.9 Å². The maximum atomic E-state index is 11.3. The third-order valence-corrected chi connectivity index (χ3v) is 3.63. The highest BCUT2D eigenvalue weighted by Gasteiger charge is 2.09. The first-order valence-electron chi connectivity index (χ1n) is 4.93. The molecule has 1 aromatic heterocycles. The number of nitrogen functional groups attached to an aromatic ring is 1. The number of nitrogens with zero attached hydrogens (tertiary/aromatic N) is 2. The van der Waals surface area contributed by atoms with Crippen molar-refractivity contribution in [2.45, 2.75) is 6.92 Å². The normalized spacial score (nSPS) is 11.4. The summed E-state index contributed by atoms with van der Waals surface area (Å²) in [4.78, 5) is 7.54. The summed E-state index contributed by atoms with van der Waals surface area (Å²) in [6.07, 6.45) is 1.25. The highest BCUT2D eigenvalue weighted by Crippen LogP contribution is 2.21. The summed E-state index contributed by atoms with van der Waals surface area (Å²) in [6.45, 7) is 2.27. The highest BCUT2D eigenvalue weighted by atomic mass is 35.5. The Kier molecular flexibility index (Phi) is 4.91. The Bertz CT molecular complexity index is 479. The molecule has 9 heteroatoms. The molecular formula is C8H14ClN5O2S. The van der Waals surface area contributed by atoms with Gasteiger partial charge in [-0.3, -0.25) is 0 Å². The van der Waals surface area contributed by atoms with Gasteiger partial charge in [-0.05, 0) is 0 Å². The fourth-order valence-electron chi connectivity index (χ4n) is 1.11. The third kappa shape index (κ3) is 4.33. The van der Waals surface area contributed by atoms with Crippen LogP contribution in [-0.2, 0) is 10.0 Å². The highest BCUT2D eigenvalue weighted by molar-refractivity contribution is 7.89. The summed E-state index contributed by atoms with van der Waals surface area (Å²) < 4.78 is 25.0. The van der Waals surface area contributed by atoms with Crippen molar-refractivity contribution in [3.05, 3.63) is 11.5 Å². The monoisotopic (exact) mass is 279 g/mol. The van der Waals surface area contributed by atoms with E-state index in [0.29, 0.717) is 12.4 Å². The molecule has 0 aliphatic heterocycles. The van der Waals surface area contributed by atoms with Gasteiger partial charge >= 0.3 is 0 Å². The van der Waals surface area contributed by atoms with Crippen LogP contribution < -0.4 is 15.8 Å². The van der Waals surface area contributed by atoms with E-state index in [0.717, 1.165) is 0 Å². The van der Waals surface area contributed by atoms with Crippen LogP contribution in [0.3, 0.4) is 0 Å². The molecule has 0 saturated heterocycles. The van der Waals surface area contributed by atoms with Gasteiger partial charge in [-0.15, -0.1) is 0 Å². The molecule has 7 nitrogen and oxygen atoms in total. The van der Waals surface area contributed by atoms with Gasteiger partial charge < -0.3 is 11.1 Å². The summed E-state index contributed by atoms with van der Waals surface area (Å²) in [7, 11) is -3.25. The minimum absolute atomic E-state index is 0.0676. The van der Waals surface area contributed by atoms with E-state index >= 15 is 0 Å². The van der Waals surface area contributed by atoms with Crippen LogP contribution in [0.1, 0.15) is 6.92 Å². The minimum atomic E-state index is -3.25. The van der Waals surface area contributed by atoms with Crippen molar-refractivity contribution in [3.63, 3.8) is 0 Å². The van der Waals surface area contributed by atoms with Crippen molar-refractivity contribution >= 4 is 33.1 Å². The number of aromatic nitrogens is 2. The number of sulfonamides is 1. The number of hydrogen-bond donors (Lipinski definition) is 3. The molecule has 0 unspecified atom stereocenters. The van der Waals surface area contributed by atoms with Crippen molar-refractivity contribution in [3.8, 4) is 0 Å². The van der Waals surface area contributed by atoms with Crippen LogP contribution in [0, 0.1) is 0 Å². The molecule has 1 aromatic rings. The molecule has 0 atom stereocenters. The van der Waals surface area contributed by atoms with Crippen LogP contribution >= 0.6 is 11.6 Å². The number of nitrogens with one attached hydrogen (secondary N) is 2. The number of nitrogens with two attached hydrogens (primary N) is 1. The average Bonchev–Trinajstić information content (AvgIpc) is 2.24. The van der Waals surface area contributed by atoms with Crippen LogP contribution in [0.15, 0.2) is 6.33 Å². The molecule has 0 aromatic carbocycles. The summed E-state index contributed by atoms with van der Waals surface area (Å²) in [5.41, 5.74) is 5.81. The fourth-order valence-corrected chi connectivity index (χ4v) is 2.20. The first-order chi connectivity index (χ1) is 7.96. The van der Waals surface area contributed by atoms with E-state index < -0.39 is 10.0 Å². The number of rotatable bonds is 6. The lowest BCUT2D eigenvalue weighted by atomic mass is 10.5. The second-order valence-electron chi connectivity index (χ2n) is 3.17. The van der Waals surface area contributed by atoms with Gasteiger partial charge in [0.05, 0.1) is 5.75 Å². The predicted molar refractivity (Wildman–Crippen MR) is 67.4 cm³/mol. The lowest BCUT2D eigenvalue weighted by molar-refractivity contribution is 0.584. The van der Waals surface area contributed by atoms with E-state index in [2.05, 4.69) is 20.0 Å². The molecule has 4 N–H and O–H groups in total. The zero-order chi connectivity index (χ0) is 12.9. The summed E-state index contributed by atoms with van der Waals surface area (Å²) in [5.74, 6) is 0.263. The van der Waals surface area contributed by atoms with Crippen molar-refractivity contribution in [1.29, 1.82) is 0 Å². The van der Waals surface area contributed by atoms with Gasteiger partial charge in [-0.1, -0.05) is 18.5 Å². The van der Waals surface area contributed by atoms with Gasteiger partial charge in [0.2, 0.25) is 10.0 Å². The SMILES string of the molecule is CCNS(=O)(=O)CCNc1ncnc(Cl)c1N. The quantitative estimate of drug-likeness (QED) is 0.635. The first-order valence-corrected chi connectivity index (χ1v) is 6.96. The number of hydrogen-bond acceptors (Lipinski definition) is 6. The largest absolute Gasteiger partial charge is 0.393 e. The molecular weight excluding hydrogens is 266 g/mol. The molecule has 0 fully saturated rings. The van der Waals surface area contributed by atoms with Gasteiger partial charge in [0, 0.05) is 13.1 Å². The van der Waals surface area contributed by atoms with E-state index in [1.165, 1.54) is 6.33 Å². The maximum Gasteiger partial charge on any atom is 0.213 e. The van der Waals surface area contributed by atoms with Crippen molar-refractivity contribution in [1.82, 2.24) is 14.7 Å². The summed E-state index contributed by atoms with van der Waals surface area (Å²) in [5, 5.41) is 2.92. The average molecular weight is 280 g/mol. The Morgan fingerprint density at radius 3 is 2.82 bits per heavy atom. The molecule has 0 radical (unpaired) electrons. The molecule has 0 amide bonds. The molecule has 1 heterocycles. The standard InChI is InChI=1S/C8H14ClN5O2S/c1-2-14-17(15,16)4-3-11-8-6(10)7(9)12-5-13-8/h5,14H,2-4,10H2,1H3,(H,11,12,13). The van der Waals surface area contributed by atoms with Gasteiger partial charge in [0.1, 0.15) is 12.0 Å². The van der Waals surface area contributed by atoms with Crippen LogP contribution in [0.4, 0.5) is 11.5 Å². The zero-order valence-electron chi connectivity index (χ0n) is 9.27. The predicted octanol–water partition coefficient (Wildman–Crippen LogP) is 0.0634. The van der Waals surface area contributed by atoms with E-state index in [1.54, 1.807) is 6.92 Å². The Labute approximate surface area is 105 Å². The van der Waals surface area contributed by atoms with Gasteiger partial charge in [-0.25, -0.2) is 23.1 Å². The minimum Gasteiger partial charge on any atom is -0.393 e. The second-order valence-corrected chi connectivity index (χ2v) is 5.45. The lowest BCUT2D eigenvalue weighted by Gasteiger charge is -2.08. The van der Waals surface area contributed by atoms with Crippen molar-refractivity contribution < 1.29 is 8.42 Å². The van der Waals surface area contributed by atoms with Gasteiger partial charge in [0.25, 0.3) is 0 Å². The Balaban J connectivity index is 2.55. The first kappa shape index (κ1) is 13.9. The second kappa shape index (κ2) is 5.99. The molecule has 0 aliphatic carbocycles. The number of anilines is 2. The molecule has 17 heavy (non-hydrogen) atoms. The van der Waals surface area contributed by atoms with Crippen LogP contribution in [0.5, 0.6) is 0 Å². The Morgan fingerprint density at radius 2 is 2.18 bits per heavy atom. The maximum absolute atomic E-state index is 11.3. The summed E-state index contributed by atoms with van der Waals surface area (Å²) in [6, 6.07) is 0. The van der Waals surface area contributed by atoms with E-state index in [1.807, 2.05) is 0 Å². The fraction of sp³-hybridized carbons (Fsp3) is 0.500. The van der Waals surface area contributed by atoms with E-state index in [4.69, 9.17) is 17.3 Å². The Hall–Kier alpha value is -1.12. The molecule has 96 valence electrons. The topological polar surface area (TPSA) is 110 Å². The van der Waals surface area contributed by atoms with E-state index in [-0.39, 0.29) is 23.1 Å². The van der Waals surface area contributed by atoms with Crippen LogP contribution in [-0.4, -0.2) is 37.2 Å². The van der Waals surface area contributed by atoms with Crippen LogP contribution in [0.25, 0.3) is 0 Å². The number of halogens is 1. The smallest absolute Gasteiger partial charge is 0.213 e. The van der Waals surface area contributed by atoms with E-state index in [9.17, 15) is 8.42 Å². The molecule has 0 saturated carbocycles. The lowest BCUT2D eigenvalue weighted by Crippen LogP contribution is -2.29. The molecule has 0 spiro atoms. The van der Waals surface area contributed by atoms with Gasteiger partial charge in [0.15, 0.2) is 11.0 Å². The van der Waals surface area contributed by atoms with Crippen molar-refractivity contribution in [2.24, 2.45) is 0 Å². The summed E-state index contributed by atoms with van der Waals surface area (Å²) >= 11 is 5.69. The third-order valence-electron chi connectivity index (χ3n) is 1.86. The van der Waals surface area contributed by atoms with Gasteiger partial charge in [-0.2, -0.15) is 0 Å². The molecule has 1 rings (SSSR count).